The molecular formula is C51H34O. The SMILES string of the molecule is CC1(C)c2cc(-c3cccc4cc(-c5ccc6c(c5)-c5cccc7c(-c8ccccc8)ccc(c57)O6)ccc34)ccc2-c2c1ccc1ccccc21. The summed E-state index contributed by atoms with van der Waals surface area (Å²) in [7, 11) is 0. The molecule has 52 heavy (non-hydrogen) atoms. The van der Waals surface area contributed by atoms with E-state index in [0.29, 0.717) is 0 Å². The molecule has 0 spiro atoms. The number of ether oxygens (including phenoxy) is 1. The lowest BCUT2D eigenvalue weighted by molar-refractivity contribution is 0.487. The Morgan fingerprint density at radius 2 is 1.06 bits per heavy atom. The van der Waals surface area contributed by atoms with Crippen LogP contribution in [0.2, 0.25) is 0 Å². The van der Waals surface area contributed by atoms with E-state index in [-0.39, 0.29) is 5.41 Å². The van der Waals surface area contributed by atoms with Gasteiger partial charge in [-0.25, -0.2) is 0 Å². The van der Waals surface area contributed by atoms with Crippen LogP contribution in [-0.2, 0) is 5.41 Å². The van der Waals surface area contributed by atoms with Crippen molar-refractivity contribution in [3.63, 3.8) is 0 Å². The van der Waals surface area contributed by atoms with E-state index in [1.165, 1.54) is 93.5 Å². The molecule has 1 heteroatoms. The van der Waals surface area contributed by atoms with Crippen LogP contribution >= 0.6 is 0 Å². The van der Waals surface area contributed by atoms with Crippen molar-refractivity contribution in [3.8, 4) is 67.1 Å². The van der Waals surface area contributed by atoms with Crippen LogP contribution < -0.4 is 4.74 Å². The van der Waals surface area contributed by atoms with Gasteiger partial charge in [0.05, 0.1) is 0 Å². The number of hydrogen-bond acceptors (Lipinski definition) is 1. The summed E-state index contributed by atoms with van der Waals surface area (Å²) in [6, 6.07) is 62.3. The first kappa shape index (κ1) is 29.3. The van der Waals surface area contributed by atoms with Gasteiger partial charge in [0.15, 0.2) is 0 Å². The first-order valence-electron chi connectivity index (χ1n) is 18.2. The summed E-state index contributed by atoms with van der Waals surface area (Å²) in [4.78, 5) is 0. The highest BCUT2D eigenvalue weighted by atomic mass is 16.5. The Hall–Kier alpha value is -6.44. The molecule has 0 fully saturated rings. The van der Waals surface area contributed by atoms with Gasteiger partial charge >= 0.3 is 0 Å². The molecule has 0 amide bonds. The third-order valence-electron chi connectivity index (χ3n) is 11.7. The molecule has 0 atom stereocenters. The quantitative estimate of drug-likeness (QED) is 0.183. The fourth-order valence-electron chi connectivity index (χ4n) is 9.07. The number of rotatable bonds is 3. The summed E-state index contributed by atoms with van der Waals surface area (Å²) in [6.07, 6.45) is 0. The first-order chi connectivity index (χ1) is 25.5. The molecule has 1 heterocycles. The van der Waals surface area contributed by atoms with E-state index in [9.17, 15) is 0 Å². The van der Waals surface area contributed by atoms with E-state index in [4.69, 9.17) is 4.74 Å². The van der Waals surface area contributed by atoms with Gasteiger partial charge in [-0.2, -0.15) is 0 Å². The van der Waals surface area contributed by atoms with Crippen molar-refractivity contribution < 1.29 is 4.74 Å². The lowest BCUT2D eigenvalue weighted by Gasteiger charge is -2.23. The summed E-state index contributed by atoms with van der Waals surface area (Å²) in [5.74, 6) is 1.81. The van der Waals surface area contributed by atoms with Crippen LogP contribution in [0.1, 0.15) is 25.0 Å². The van der Waals surface area contributed by atoms with Crippen LogP contribution in [-0.4, -0.2) is 0 Å². The minimum atomic E-state index is -0.0768. The van der Waals surface area contributed by atoms with Crippen LogP contribution in [0.4, 0.5) is 0 Å². The van der Waals surface area contributed by atoms with E-state index in [1.54, 1.807) is 0 Å². The molecule has 1 nitrogen and oxygen atoms in total. The Labute approximate surface area is 303 Å². The second kappa shape index (κ2) is 10.8. The minimum absolute atomic E-state index is 0.0768. The van der Waals surface area contributed by atoms with Crippen LogP contribution in [0.25, 0.3) is 88.0 Å². The zero-order chi connectivity index (χ0) is 34.6. The van der Waals surface area contributed by atoms with Gasteiger partial charge in [-0.1, -0.05) is 153 Å². The standard InChI is InChI=1S/C51H34O/c1-51(2)45-25-20-32-12-6-7-14-40(32)49(45)43-23-19-36(30-46(43)51)37-15-8-13-35-28-33(18-22-39(35)37)34-21-26-47-44(29-34)42-17-9-16-41-38(31-10-4-3-5-11-31)24-27-48(52-47)50(41)42/h3-30H,1-2H3. The normalized spacial score (nSPS) is 13.5. The maximum absolute atomic E-state index is 6.55. The fraction of sp³-hybridized carbons (Fsp3) is 0.0588. The van der Waals surface area contributed by atoms with Crippen LogP contribution in [0.3, 0.4) is 0 Å². The average Bonchev–Trinajstić information content (AvgIpc) is 3.43. The molecule has 1 aliphatic carbocycles. The molecule has 11 rings (SSSR count). The molecule has 0 unspecified atom stereocenters. The van der Waals surface area contributed by atoms with Crippen molar-refractivity contribution >= 4 is 32.3 Å². The molecular weight excluding hydrogens is 629 g/mol. The molecule has 9 aromatic carbocycles. The lowest BCUT2D eigenvalue weighted by atomic mass is 9.81. The third-order valence-corrected chi connectivity index (χ3v) is 11.7. The van der Waals surface area contributed by atoms with E-state index >= 15 is 0 Å². The van der Waals surface area contributed by atoms with Crippen molar-refractivity contribution in [1.29, 1.82) is 0 Å². The van der Waals surface area contributed by atoms with Gasteiger partial charge in [-0.05, 0) is 118 Å². The zero-order valence-electron chi connectivity index (χ0n) is 29.1. The van der Waals surface area contributed by atoms with Gasteiger partial charge in [-0.15, -0.1) is 0 Å². The largest absolute Gasteiger partial charge is 0.456 e. The molecule has 0 N–H and O–H groups in total. The Kier molecular flexibility index (Phi) is 6.08. The van der Waals surface area contributed by atoms with Gasteiger partial charge in [0, 0.05) is 16.4 Å². The topological polar surface area (TPSA) is 9.23 Å². The minimum Gasteiger partial charge on any atom is -0.456 e. The first-order valence-corrected chi connectivity index (χ1v) is 18.2. The maximum atomic E-state index is 6.55. The number of hydrogen-bond donors (Lipinski definition) is 0. The summed E-state index contributed by atoms with van der Waals surface area (Å²) in [6.45, 7) is 4.74. The smallest absolute Gasteiger partial charge is 0.135 e. The molecule has 0 saturated heterocycles. The predicted octanol–water partition coefficient (Wildman–Crippen LogP) is 14.2. The molecule has 1 aliphatic heterocycles. The number of fused-ring (bicyclic) bond motifs is 8. The van der Waals surface area contributed by atoms with Crippen molar-refractivity contribution in [3.05, 3.63) is 181 Å². The average molecular weight is 663 g/mol. The van der Waals surface area contributed by atoms with E-state index in [1.807, 2.05) is 0 Å². The van der Waals surface area contributed by atoms with E-state index in [0.717, 1.165) is 17.1 Å². The van der Waals surface area contributed by atoms with Crippen molar-refractivity contribution in [2.45, 2.75) is 19.3 Å². The summed E-state index contributed by atoms with van der Waals surface area (Å²) < 4.78 is 6.55. The lowest BCUT2D eigenvalue weighted by Crippen LogP contribution is -2.15. The molecule has 244 valence electrons. The Morgan fingerprint density at radius 3 is 1.98 bits per heavy atom. The third kappa shape index (κ3) is 4.17. The maximum Gasteiger partial charge on any atom is 0.135 e. The van der Waals surface area contributed by atoms with Crippen molar-refractivity contribution in [1.82, 2.24) is 0 Å². The molecule has 2 aliphatic rings. The van der Waals surface area contributed by atoms with Crippen LogP contribution in [0, 0.1) is 0 Å². The van der Waals surface area contributed by atoms with Crippen LogP contribution in [0.15, 0.2) is 170 Å². The van der Waals surface area contributed by atoms with Gasteiger partial charge in [0.1, 0.15) is 11.5 Å². The fourth-order valence-corrected chi connectivity index (χ4v) is 9.07. The monoisotopic (exact) mass is 662 g/mol. The van der Waals surface area contributed by atoms with E-state index < -0.39 is 0 Å². The Balaban J connectivity index is 0.996. The van der Waals surface area contributed by atoms with Gasteiger partial charge in [0.2, 0.25) is 0 Å². The molecule has 0 saturated carbocycles. The summed E-state index contributed by atoms with van der Waals surface area (Å²) in [5.41, 5.74) is 15.1. The zero-order valence-corrected chi connectivity index (χ0v) is 29.1. The summed E-state index contributed by atoms with van der Waals surface area (Å²) in [5, 5.41) is 7.51. The molecule has 0 radical (unpaired) electrons. The Morgan fingerprint density at radius 1 is 0.365 bits per heavy atom. The number of benzene rings is 9. The second-order valence-electron chi connectivity index (χ2n) is 14.9. The Bertz CT molecular complexity index is 2950. The van der Waals surface area contributed by atoms with E-state index in [2.05, 4.69) is 184 Å². The predicted molar refractivity (Wildman–Crippen MR) is 218 cm³/mol. The highest BCUT2D eigenvalue weighted by Gasteiger charge is 2.36. The molecule has 0 bridgehead atoms. The van der Waals surface area contributed by atoms with Crippen molar-refractivity contribution in [2.24, 2.45) is 0 Å². The molecule has 9 aromatic rings. The van der Waals surface area contributed by atoms with Crippen molar-refractivity contribution in [2.75, 3.05) is 0 Å². The highest BCUT2D eigenvalue weighted by molar-refractivity contribution is 6.10. The van der Waals surface area contributed by atoms with Gasteiger partial charge in [0.25, 0.3) is 0 Å². The highest BCUT2D eigenvalue weighted by Crippen LogP contribution is 2.53. The van der Waals surface area contributed by atoms with Gasteiger partial charge in [-0.3, -0.25) is 0 Å². The van der Waals surface area contributed by atoms with Crippen LogP contribution in [0.5, 0.6) is 11.5 Å². The summed E-state index contributed by atoms with van der Waals surface area (Å²) >= 11 is 0. The molecule has 0 aromatic heterocycles. The second-order valence-corrected chi connectivity index (χ2v) is 14.9. The van der Waals surface area contributed by atoms with Gasteiger partial charge < -0.3 is 4.74 Å².